The molecule has 2 aliphatic rings. The summed E-state index contributed by atoms with van der Waals surface area (Å²) in [5.41, 5.74) is 0.434. The van der Waals surface area contributed by atoms with Crippen molar-refractivity contribution in [2.75, 3.05) is 79.0 Å². The molecule has 1 N–H and O–H groups in total. The van der Waals surface area contributed by atoms with Crippen LogP contribution in [0, 0.1) is 5.92 Å². The Morgan fingerprint density at radius 1 is 1.21 bits per heavy atom. The highest BCUT2D eigenvalue weighted by Gasteiger charge is 2.36. The van der Waals surface area contributed by atoms with Crippen molar-refractivity contribution in [1.82, 2.24) is 14.7 Å². The third-order valence-electron chi connectivity index (χ3n) is 6.23. The summed E-state index contributed by atoms with van der Waals surface area (Å²) < 4.78 is 5.34. The molecule has 0 unspecified atom stereocenters. The van der Waals surface area contributed by atoms with E-state index >= 15 is 0 Å². The fourth-order valence-corrected chi connectivity index (χ4v) is 4.47. The quantitative estimate of drug-likeness (QED) is 0.790. The molecule has 1 aromatic carbocycles. The van der Waals surface area contributed by atoms with Crippen LogP contribution in [0.3, 0.4) is 0 Å². The molecule has 2 heterocycles. The van der Waals surface area contributed by atoms with Crippen molar-refractivity contribution >= 4 is 11.6 Å². The number of piperidine rings is 1. The van der Waals surface area contributed by atoms with Gasteiger partial charge in [-0.05, 0) is 32.0 Å². The van der Waals surface area contributed by atoms with Crippen LogP contribution in [0.5, 0.6) is 5.75 Å². The topological polar surface area (TPSA) is 59.5 Å². The molecule has 0 aliphatic carbocycles. The van der Waals surface area contributed by atoms with Gasteiger partial charge in [0.25, 0.3) is 0 Å². The van der Waals surface area contributed by atoms with Crippen LogP contribution in [0.15, 0.2) is 24.3 Å². The second kappa shape index (κ2) is 9.32. The van der Waals surface area contributed by atoms with E-state index in [0.717, 1.165) is 57.0 Å². The van der Waals surface area contributed by atoms with Gasteiger partial charge in [0, 0.05) is 71.7 Å². The normalized spacial score (nSPS) is 23.5. The van der Waals surface area contributed by atoms with E-state index in [4.69, 9.17) is 4.74 Å². The lowest BCUT2D eigenvalue weighted by Crippen LogP contribution is -2.52. The fourth-order valence-electron chi connectivity index (χ4n) is 4.47. The molecule has 0 aromatic heterocycles. The summed E-state index contributed by atoms with van der Waals surface area (Å²) in [6.45, 7) is 5.55. The van der Waals surface area contributed by atoms with E-state index in [-0.39, 0.29) is 11.8 Å². The van der Waals surface area contributed by atoms with E-state index in [0.29, 0.717) is 13.1 Å². The molecule has 0 spiro atoms. The average molecular weight is 405 g/mol. The van der Waals surface area contributed by atoms with Gasteiger partial charge in [-0.2, -0.15) is 0 Å². The smallest absolute Gasteiger partial charge is 0.227 e. The van der Waals surface area contributed by atoms with Gasteiger partial charge in [0.05, 0.1) is 18.6 Å². The SMILES string of the molecule is COc1cccc(N2CCC(O)(CN3CCN(C)C[C@@H](C(=O)N(C)C)C3)CC2)c1. The Morgan fingerprint density at radius 2 is 1.93 bits per heavy atom. The predicted octanol–water partition coefficient (Wildman–Crippen LogP) is 0.978. The molecule has 1 aromatic rings. The first-order valence-corrected chi connectivity index (χ1v) is 10.5. The molecule has 7 nitrogen and oxygen atoms in total. The number of rotatable bonds is 5. The van der Waals surface area contributed by atoms with Gasteiger partial charge in [0.15, 0.2) is 0 Å². The van der Waals surface area contributed by atoms with E-state index in [1.165, 1.54) is 0 Å². The summed E-state index contributed by atoms with van der Waals surface area (Å²) in [4.78, 5) is 21.1. The molecular formula is C22H36N4O3. The van der Waals surface area contributed by atoms with E-state index in [1.54, 1.807) is 12.0 Å². The molecule has 3 rings (SSSR count). The van der Waals surface area contributed by atoms with Crippen molar-refractivity contribution in [2.24, 2.45) is 5.92 Å². The maximum Gasteiger partial charge on any atom is 0.227 e. The fraction of sp³-hybridized carbons (Fsp3) is 0.682. The molecule has 0 radical (unpaired) electrons. The lowest BCUT2D eigenvalue weighted by molar-refractivity contribution is -0.134. The number of benzene rings is 1. The highest BCUT2D eigenvalue weighted by molar-refractivity contribution is 5.78. The second-order valence-corrected chi connectivity index (χ2v) is 8.84. The zero-order valence-corrected chi connectivity index (χ0v) is 18.3. The number of aliphatic hydroxyl groups is 1. The molecule has 2 aliphatic heterocycles. The van der Waals surface area contributed by atoms with Gasteiger partial charge in [-0.25, -0.2) is 0 Å². The van der Waals surface area contributed by atoms with Gasteiger partial charge >= 0.3 is 0 Å². The summed E-state index contributed by atoms with van der Waals surface area (Å²) >= 11 is 0. The summed E-state index contributed by atoms with van der Waals surface area (Å²) in [6, 6.07) is 8.09. The van der Waals surface area contributed by atoms with Crippen molar-refractivity contribution in [3.05, 3.63) is 24.3 Å². The minimum atomic E-state index is -0.704. The summed E-state index contributed by atoms with van der Waals surface area (Å²) in [5, 5.41) is 11.3. The predicted molar refractivity (Wildman–Crippen MR) is 116 cm³/mol. The van der Waals surface area contributed by atoms with E-state index in [9.17, 15) is 9.90 Å². The molecule has 1 atom stereocenters. The number of carbonyl (C=O) groups is 1. The monoisotopic (exact) mass is 404 g/mol. The second-order valence-electron chi connectivity index (χ2n) is 8.84. The molecule has 162 valence electrons. The molecule has 29 heavy (non-hydrogen) atoms. The Hall–Kier alpha value is -1.83. The minimum Gasteiger partial charge on any atom is -0.497 e. The van der Waals surface area contributed by atoms with Crippen LogP contribution in [-0.2, 0) is 4.79 Å². The first kappa shape index (κ1) is 21.9. The van der Waals surface area contributed by atoms with Crippen LogP contribution in [0.1, 0.15) is 12.8 Å². The first-order chi connectivity index (χ1) is 13.8. The van der Waals surface area contributed by atoms with Gasteiger partial charge in [-0.15, -0.1) is 0 Å². The van der Waals surface area contributed by atoms with Crippen LogP contribution in [0.25, 0.3) is 0 Å². The highest BCUT2D eigenvalue weighted by atomic mass is 16.5. The number of carbonyl (C=O) groups excluding carboxylic acids is 1. The molecule has 1 amide bonds. The standard InChI is InChI=1S/C22H36N4O3/c1-23(2)21(27)18-15-24(3)12-13-25(16-18)17-22(28)8-10-26(11-9-22)19-6-5-7-20(14-19)29-4/h5-7,14,18,28H,8-13,15-17H2,1-4H3/t18-/m1/s1. The third-order valence-corrected chi connectivity index (χ3v) is 6.23. The Kier molecular flexibility index (Phi) is 7.03. The number of nitrogens with zero attached hydrogens (tertiary/aromatic N) is 4. The van der Waals surface area contributed by atoms with Crippen molar-refractivity contribution < 1.29 is 14.6 Å². The molecule has 0 bridgehead atoms. The molecule has 0 saturated carbocycles. The van der Waals surface area contributed by atoms with Crippen LogP contribution >= 0.6 is 0 Å². The van der Waals surface area contributed by atoms with Crippen molar-refractivity contribution in [1.29, 1.82) is 0 Å². The number of likely N-dealkylation sites (N-methyl/N-ethyl adjacent to an activating group) is 1. The number of hydrogen-bond acceptors (Lipinski definition) is 6. The number of methoxy groups -OCH3 is 1. The lowest BCUT2D eigenvalue weighted by Gasteiger charge is -2.42. The van der Waals surface area contributed by atoms with Crippen LogP contribution in [0.4, 0.5) is 5.69 Å². The van der Waals surface area contributed by atoms with Crippen LogP contribution in [-0.4, -0.2) is 105 Å². The molecular weight excluding hydrogens is 368 g/mol. The zero-order chi connectivity index (χ0) is 21.0. The summed E-state index contributed by atoms with van der Waals surface area (Å²) in [6.07, 6.45) is 1.45. The first-order valence-electron chi connectivity index (χ1n) is 10.5. The number of ether oxygens (including phenoxy) is 1. The largest absolute Gasteiger partial charge is 0.497 e. The molecule has 7 heteroatoms. The van der Waals surface area contributed by atoms with Gasteiger partial charge in [-0.1, -0.05) is 6.07 Å². The average Bonchev–Trinajstić information content (AvgIpc) is 2.89. The number of hydrogen-bond donors (Lipinski definition) is 1. The van der Waals surface area contributed by atoms with Gasteiger partial charge < -0.3 is 24.5 Å². The van der Waals surface area contributed by atoms with Crippen LogP contribution < -0.4 is 9.64 Å². The zero-order valence-electron chi connectivity index (χ0n) is 18.3. The van der Waals surface area contributed by atoms with E-state index in [2.05, 4.69) is 27.8 Å². The molecule has 2 fully saturated rings. The summed E-state index contributed by atoms with van der Waals surface area (Å²) in [7, 11) is 7.39. The van der Waals surface area contributed by atoms with Crippen molar-refractivity contribution in [3.8, 4) is 5.75 Å². The van der Waals surface area contributed by atoms with Crippen molar-refractivity contribution in [3.63, 3.8) is 0 Å². The lowest BCUT2D eigenvalue weighted by atomic mass is 9.90. The summed E-state index contributed by atoms with van der Waals surface area (Å²) in [5.74, 6) is 0.982. The number of anilines is 1. The van der Waals surface area contributed by atoms with E-state index < -0.39 is 5.60 Å². The highest BCUT2D eigenvalue weighted by Crippen LogP contribution is 2.29. The Labute approximate surface area is 174 Å². The Balaban J connectivity index is 1.60. The Morgan fingerprint density at radius 3 is 2.59 bits per heavy atom. The maximum absolute atomic E-state index is 12.6. The van der Waals surface area contributed by atoms with Gasteiger partial charge in [0.2, 0.25) is 5.91 Å². The van der Waals surface area contributed by atoms with Crippen molar-refractivity contribution in [2.45, 2.75) is 18.4 Å². The number of β-amino-alcohol motifs (C(OH)–C–C–N with tert-alkyl or cyclic N) is 1. The van der Waals surface area contributed by atoms with E-state index in [1.807, 2.05) is 32.3 Å². The molecule has 2 saturated heterocycles. The van der Waals surface area contributed by atoms with Gasteiger partial charge in [0.1, 0.15) is 5.75 Å². The maximum atomic E-state index is 12.6. The third kappa shape index (κ3) is 5.62. The van der Waals surface area contributed by atoms with Gasteiger partial charge in [-0.3, -0.25) is 9.69 Å². The minimum absolute atomic E-state index is 0.0435. The Bertz CT molecular complexity index is 688. The number of amides is 1. The van der Waals surface area contributed by atoms with Crippen LogP contribution in [0.2, 0.25) is 0 Å².